The summed E-state index contributed by atoms with van der Waals surface area (Å²) in [6, 6.07) is -0.0463. The monoisotopic (exact) mass is 157 g/mol. The summed E-state index contributed by atoms with van der Waals surface area (Å²) in [7, 11) is 0. The highest BCUT2D eigenvalue weighted by Crippen LogP contribution is 1.97. The Kier molecular flexibility index (Phi) is 2.16. The van der Waals surface area contributed by atoms with Gasteiger partial charge in [0.1, 0.15) is 12.7 Å². The molecule has 0 bridgehead atoms. The van der Waals surface area contributed by atoms with E-state index in [-0.39, 0.29) is 6.01 Å². The van der Waals surface area contributed by atoms with Crippen LogP contribution in [0.4, 0.5) is 4.79 Å². The Morgan fingerprint density at radius 2 is 2.10 bits per heavy atom. The molecule has 52 valence electrons. The van der Waals surface area contributed by atoms with Crippen LogP contribution < -0.4 is 4.74 Å². The SMILES string of the molecule is O=C(S)Oc1ncncn1. The van der Waals surface area contributed by atoms with Gasteiger partial charge in [0.25, 0.3) is 0 Å². The normalized spacial score (nSPS) is 8.90. The molecule has 0 N–H and O–H groups in total. The van der Waals surface area contributed by atoms with E-state index in [9.17, 15) is 4.79 Å². The number of carbonyl (C=O) groups excluding carboxylic acids is 1. The van der Waals surface area contributed by atoms with Gasteiger partial charge in [0.15, 0.2) is 0 Å². The van der Waals surface area contributed by atoms with E-state index in [0.717, 1.165) is 0 Å². The molecule has 5 nitrogen and oxygen atoms in total. The van der Waals surface area contributed by atoms with Crippen molar-refractivity contribution in [3.05, 3.63) is 12.7 Å². The molecule has 0 fully saturated rings. The molecule has 0 atom stereocenters. The van der Waals surface area contributed by atoms with Crippen molar-refractivity contribution in [2.45, 2.75) is 0 Å². The molecule has 1 heterocycles. The van der Waals surface area contributed by atoms with Crippen LogP contribution in [0.1, 0.15) is 0 Å². The second kappa shape index (κ2) is 3.11. The van der Waals surface area contributed by atoms with E-state index in [1.165, 1.54) is 12.7 Å². The molecule has 0 aliphatic heterocycles. The van der Waals surface area contributed by atoms with Crippen molar-refractivity contribution in [3.8, 4) is 6.01 Å². The molecule has 0 saturated heterocycles. The van der Waals surface area contributed by atoms with Crippen LogP contribution in [-0.4, -0.2) is 20.3 Å². The second-order valence-electron chi connectivity index (χ2n) is 1.29. The fourth-order valence-electron chi connectivity index (χ4n) is 0.359. The fraction of sp³-hybridized carbons (Fsp3) is 0. The van der Waals surface area contributed by atoms with Crippen LogP contribution in [0.3, 0.4) is 0 Å². The van der Waals surface area contributed by atoms with E-state index in [1.807, 2.05) is 0 Å². The Morgan fingerprint density at radius 3 is 2.60 bits per heavy atom. The molecule has 0 radical (unpaired) electrons. The summed E-state index contributed by atoms with van der Waals surface area (Å²) in [5.41, 5.74) is 0. The van der Waals surface area contributed by atoms with Crippen LogP contribution in [0, 0.1) is 0 Å². The average molecular weight is 157 g/mol. The van der Waals surface area contributed by atoms with Crippen molar-refractivity contribution in [1.82, 2.24) is 15.0 Å². The number of hydrogen-bond donors (Lipinski definition) is 1. The fourth-order valence-corrected chi connectivity index (χ4v) is 0.441. The summed E-state index contributed by atoms with van der Waals surface area (Å²) in [6.45, 7) is 0. The van der Waals surface area contributed by atoms with E-state index in [1.54, 1.807) is 0 Å². The molecule has 6 heteroatoms. The second-order valence-corrected chi connectivity index (χ2v) is 1.65. The van der Waals surface area contributed by atoms with Crippen LogP contribution >= 0.6 is 12.6 Å². The highest BCUT2D eigenvalue weighted by atomic mass is 32.1. The summed E-state index contributed by atoms with van der Waals surface area (Å²) >= 11 is 3.35. The van der Waals surface area contributed by atoms with E-state index >= 15 is 0 Å². The zero-order valence-corrected chi connectivity index (χ0v) is 5.65. The first-order valence-electron chi connectivity index (χ1n) is 2.32. The summed E-state index contributed by atoms with van der Waals surface area (Å²) in [4.78, 5) is 20.7. The predicted octanol–water partition coefficient (Wildman–Crippen LogP) is 0.300. The van der Waals surface area contributed by atoms with Gasteiger partial charge in [-0.3, -0.25) is 0 Å². The number of carbonyl (C=O) groups is 1. The number of thiol groups is 1. The first-order valence-corrected chi connectivity index (χ1v) is 2.76. The van der Waals surface area contributed by atoms with E-state index in [4.69, 9.17) is 0 Å². The average Bonchev–Trinajstić information content (AvgIpc) is 1.88. The first kappa shape index (κ1) is 6.94. The molecule has 10 heavy (non-hydrogen) atoms. The Morgan fingerprint density at radius 1 is 1.50 bits per heavy atom. The van der Waals surface area contributed by atoms with E-state index in [2.05, 4.69) is 32.3 Å². The molecule has 0 amide bonds. The van der Waals surface area contributed by atoms with Crippen molar-refractivity contribution < 1.29 is 9.53 Å². The molecule has 0 unspecified atom stereocenters. The maximum atomic E-state index is 10.2. The number of rotatable bonds is 1. The quantitative estimate of drug-likeness (QED) is 0.469. The molecular weight excluding hydrogens is 154 g/mol. The van der Waals surface area contributed by atoms with Crippen LogP contribution in [0.25, 0.3) is 0 Å². The van der Waals surface area contributed by atoms with Crippen LogP contribution in [0.5, 0.6) is 6.01 Å². The van der Waals surface area contributed by atoms with Gasteiger partial charge in [-0.05, 0) is 0 Å². The molecule has 0 aromatic carbocycles. The van der Waals surface area contributed by atoms with Crippen LogP contribution in [0.15, 0.2) is 12.7 Å². The minimum Gasteiger partial charge on any atom is -0.382 e. The Labute approximate surface area is 61.9 Å². The summed E-state index contributed by atoms with van der Waals surface area (Å²) < 4.78 is 4.38. The van der Waals surface area contributed by atoms with Crippen molar-refractivity contribution >= 4 is 17.9 Å². The summed E-state index contributed by atoms with van der Waals surface area (Å²) in [5.74, 6) is 0. The van der Waals surface area contributed by atoms with Gasteiger partial charge in [0.05, 0.1) is 0 Å². The number of hydrogen-bond acceptors (Lipinski definition) is 5. The largest absolute Gasteiger partial charge is 0.382 e. The van der Waals surface area contributed by atoms with Gasteiger partial charge >= 0.3 is 11.3 Å². The lowest BCUT2D eigenvalue weighted by Gasteiger charge is -1.93. The topological polar surface area (TPSA) is 65.0 Å². The Bertz CT molecular complexity index is 227. The maximum absolute atomic E-state index is 10.2. The van der Waals surface area contributed by atoms with Gasteiger partial charge in [0.2, 0.25) is 0 Å². The third kappa shape index (κ3) is 1.98. The molecular formula is C4H3N3O2S. The molecule has 0 saturated carbocycles. The molecule has 1 aromatic rings. The van der Waals surface area contributed by atoms with Crippen molar-refractivity contribution in [2.75, 3.05) is 0 Å². The van der Waals surface area contributed by atoms with Gasteiger partial charge in [-0.1, -0.05) is 12.6 Å². The number of nitrogens with zero attached hydrogens (tertiary/aromatic N) is 3. The van der Waals surface area contributed by atoms with Crippen molar-refractivity contribution in [3.63, 3.8) is 0 Å². The number of ether oxygens (including phenoxy) is 1. The number of aromatic nitrogens is 3. The van der Waals surface area contributed by atoms with Crippen molar-refractivity contribution in [2.24, 2.45) is 0 Å². The predicted molar refractivity (Wildman–Crippen MR) is 34.8 cm³/mol. The minimum absolute atomic E-state index is 0.0463. The summed E-state index contributed by atoms with van der Waals surface area (Å²) in [5, 5.41) is -0.744. The van der Waals surface area contributed by atoms with E-state index < -0.39 is 5.30 Å². The van der Waals surface area contributed by atoms with Gasteiger partial charge in [-0.15, -0.1) is 0 Å². The lowest BCUT2D eigenvalue weighted by molar-refractivity contribution is 0.223. The zero-order valence-electron chi connectivity index (χ0n) is 4.76. The van der Waals surface area contributed by atoms with Gasteiger partial charge < -0.3 is 4.74 Å². The standard InChI is InChI=1S/C4H3N3O2S/c8-4(10)9-3-6-1-5-2-7-3/h1-2H,(H,8,10). The Balaban J connectivity index is 2.67. The molecule has 1 aromatic heterocycles. The van der Waals surface area contributed by atoms with Crippen molar-refractivity contribution in [1.29, 1.82) is 0 Å². The van der Waals surface area contributed by atoms with Gasteiger partial charge in [0, 0.05) is 0 Å². The highest BCUT2D eigenvalue weighted by molar-refractivity contribution is 7.96. The third-order valence-electron chi connectivity index (χ3n) is 0.648. The highest BCUT2D eigenvalue weighted by Gasteiger charge is 1.98. The maximum Gasteiger partial charge on any atom is 0.372 e. The zero-order chi connectivity index (χ0) is 7.40. The molecule has 0 spiro atoms. The summed E-state index contributed by atoms with van der Waals surface area (Å²) in [6.07, 6.45) is 2.44. The molecule has 0 aliphatic carbocycles. The smallest absolute Gasteiger partial charge is 0.372 e. The molecule has 1 rings (SSSR count). The Hall–Kier alpha value is -1.17. The molecule has 0 aliphatic rings. The first-order chi connectivity index (χ1) is 4.79. The lowest BCUT2D eigenvalue weighted by Crippen LogP contribution is -2.00. The van der Waals surface area contributed by atoms with Gasteiger partial charge in [-0.25, -0.2) is 9.78 Å². The lowest BCUT2D eigenvalue weighted by atomic mass is 11.0. The van der Waals surface area contributed by atoms with Gasteiger partial charge in [-0.2, -0.15) is 9.97 Å². The minimum atomic E-state index is -0.744. The van der Waals surface area contributed by atoms with Crippen LogP contribution in [0.2, 0.25) is 0 Å². The third-order valence-corrected chi connectivity index (χ3v) is 0.740. The van der Waals surface area contributed by atoms with Crippen LogP contribution in [-0.2, 0) is 0 Å². The van der Waals surface area contributed by atoms with E-state index in [0.29, 0.717) is 0 Å².